The van der Waals surface area contributed by atoms with E-state index in [1.54, 1.807) is 0 Å². The Balaban J connectivity index is 2.25. The molecule has 0 aliphatic carbocycles. The predicted molar refractivity (Wildman–Crippen MR) is 73.1 cm³/mol. The van der Waals surface area contributed by atoms with Crippen molar-refractivity contribution in [2.45, 2.75) is 66.0 Å². The summed E-state index contributed by atoms with van der Waals surface area (Å²) < 4.78 is 15.3. The second-order valence-corrected chi connectivity index (χ2v) is 4.76. The van der Waals surface area contributed by atoms with Gasteiger partial charge in [0.1, 0.15) is 0 Å². The normalized spacial score (nSPS) is 11.1. The standard InChI is InChI=1S/C14H26FN3/c1-4-6-7-8-9-10-16-11-13-12(3)17-18(5-2)14(13)15/h16H,4-11H2,1-3H3. The number of nitrogens with one attached hydrogen (secondary N) is 1. The molecule has 1 rings (SSSR count). The Kier molecular flexibility index (Phi) is 6.94. The SMILES string of the molecule is CCCCCCCNCc1c(C)nn(CC)c1F. The van der Waals surface area contributed by atoms with E-state index in [2.05, 4.69) is 17.3 Å². The summed E-state index contributed by atoms with van der Waals surface area (Å²) in [5.74, 6) is -0.187. The monoisotopic (exact) mass is 255 g/mol. The lowest BCUT2D eigenvalue weighted by Gasteiger charge is -2.04. The molecule has 0 amide bonds. The van der Waals surface area contributed by atoms with Gasteiger partial charge in [-0.1, -0.05) is 32.6 Å². The predicted octanol–water partition coefficient (Wildman–Crippen LogP) is 3.41. The third kappa shape index (κ3) is 4.41. The molecule has 1 N–H and O–H groups in total. The average Bonchev–Trinajstić information content (AvgIpc) is 2.64. The van der Waals surface area contributed by atoms with Crippen molar-refractivity contribution in [2.75, 3.05) is 6.54 Å². The van der Waals surface area contributed by atoms with Gasteiger partial charge in [-0.3, -0.25) is 0 Å². The molecule has 104 valence electrons. The molecule has 0 saturated carbocycles. The fraction of sp³-hybridized carbons (Fsp3) is 0.786. The van der Waals surface area contributed by atoms with Crippen molar-refractivity contribution in [2.24, 2.45) is 0 Å². The summed E-state index contributed by atoms with van der Waals surface area (Å²) in [7, 11) is 0. The molecule has 0 fully saturated rings. The molecule has 0 saturated heterocycles. The van der Waals surface area contributed by atoms with Gasteiger partial charge in [-0.25, -0.2) is 4.68 Å². The highest BCUT2D eigenvalue weighted by molar-refractivity contribution is 5.17. The molecular formula is C14H26FN3. The lowest BCUT2D eigenvalue weighted by molar-refractivity contribution is 0.459. The number of unbranched alkanes of at least 4 members (excludes halogenated alkanes) is 4. The molecule has 0 aliphatic heterocycles. The Bertz CT molecular complexity index is 347. The maximum atomic E-state index is 13.8. The van der Waals surface area contributed by atoms with Crippen LogP contribution in [0.2, 0.25) is 0 Å². The third-order valence-electron chi connectivity index (χ3n) is 3.24. The molecule has 0 unspecified atom stereocenters. The van der Waals surface area contributed by atoms with E-state index in [-0.39, 0.29) is 5.95 Å². The molecular weight excluding hydrogens is 229 g/mol. The van der Waals surface area contributed by atoms with Crippen LogP contribution in [0.4, 0.5) is 4.39 Å². The summed E-state index contributed by atoms with van der Waals surface area (Å²) in [6, 6.07) is 0. The molecule has 0 aromatic carbocycles. The van der Waals surface area contributed by atoms with Crippen molar-refractivity contribution in [3.05, 3.63) is 17.2 Å². The molecule has 0 radical (unpaired) electrons. The van der Waals surface area contributed by atoms with Crippen LogP contribution in [0.5, 0.6) is 0 Å². The van der Waals surface area contributed by atoms with Crippen molar-refractivity contribution >= 4 is 0 Å². The minimum atomic E-state index is -0.187. The maximum Gasteiger partial charge on any atom is 0.216 e. The average molecular weight is 255 g/mol. The molecule has 4 heteroatoms. The first-order valence-electron chi connectivity index (χ1n) is 7.13. The van der Waals surface area contributed by atoms with Gasteiger partial charge in [-0.15, -0.1) is 0 Å². The summed E-state index contributed by atoms with van der Waals surface area (Å²) in [5, 5.41) is 7.47. The quantitative estimate of drug-likeness (QED) is 0.685. The van der Waals surface area contributed by atoms with Gasteiger partial charge < -0.3 is 5.32 Å². The number of hydrogen-bond acceptors (Lipinski definition) is 2. The number of nitrogens with zero attached hydrogens (tertiary/aromatic N) is 2. The van der Waals surface area contributed by atoms with Crippen molar-refractivity contribution in [1.82, 2.24) is 15.1 Å². The second kappa shape index (κ2) is 8.25. The molecule has 18 heavy (non-hydrogen) atoms. The van der Waals surface area contributed by atoms with E-state index in [9.17, 15) is 4.39 Å². The molecule has 0 bridgehead atoms. The Hall–Kier alpha value is -0.900. The van der Waals surface area contributed by atoms with Crippen LogP contribution in [0.25, 0.3) is 0 Å². The zero-order valence-corrected chi connectivity index (χ0v) is 11.9. The lowest BCUT2D eigenvalue weighted by Crippen LogP contribution is -2.16. The summed E-state index contributed by atoms with van der Waals surface area (Å²) in [6.45, 7) is 8.12. The Morgan fingerprint density at radius 3 is 2.50 bits per heavy atom. The smallest absolute Gasteiger partial charge is 0.216 e. The van der Waals surface area contributed by atoms with Gasteiger partial charge in [0.05, 0.1) is 5.69 Å². The van der Waals surface area contributed by atoms with Gasteiger partial charge in [-0.05, 0) is 26.8 Å². The summed E-state index contributed by atoms with van der Waals surface area (Å²) in [6.07, 6.45) is 6.32. The summed E-state index contributed by atoms with van der Waals surface area (Å²) in [4.78, 5) is 0. The van der Waals surface area contributed by atoms with Crippen LogP contribution in [0.1, 0.15) is 57.2 Å². The van der Waals surface area contributed by atoms with E-state index >= 15 is 0 Å². The summed E-state index contributed by atoms with van der Waals surface area (Å²) in [5.41, 5.74) is 1.51. The van der Waals surface area contributed by atoms with E-state index in [0.29, 0.717) is 18.7 Å². The Morgan fingerprint density at radius 1 is 1.17 bits per heavy atom. The molecule has 1 aromatic rings. The van der Waals surface area contributed by atoms with Crippen LogP contribution in [0.3, 0.4) is 0 Å². The second-order valence-electron chi connectivity index (χ2n) is 4.76. The van der Waals surface area contributed by atoms with Crippen molar-refractivity contribution in [3.63, 3.8) is 0 Å². The van der Waals surface area contributed by atoms with Crippen LogP contribution in [0, 0.1) is 12.9 Å². The van der Waals surface area contributed by atoms with Gasteiger partial charge in [0.25, 0.3) is 0 Å². The van der Waals surface area contributed by atoms with E-state index in [0.717, 1.165) is 12.2 Å². The van der Waals surface area contributed by atoms with Crippen molar-refractivity contribution in [1.29, 1.82) is 0 Å². The first-order chi connectivity index (χ1) is 8.70. The number of aryl methyl sites for hydroxylation is 2. The lowest BCUT2D eigenvalue weighted by atomic mass is 10.1. The van der Waals surface area contributed by atoms with E-state index in [1.807, 2.05) is 13.8 Å². The summed E-state index contributed by atoms with van der Waals surface area (Å²) >= 11 is 0. The molecule has 0 aliphatic rings. The number of hydrogen-bond donors (Lipinski definition) is 1. The maximum absolute atomic E-state index is 13.8. The number of aromatic nitrogens is 2. The molecule has 1 aromatic heterocycles. The van der Waals surface area contributed by atoms with Crippen molar-refractivity contribution in [3.8, 4) is 0 Å². The van der Waals surface area contributed by atoms with Crippen LogP contribution in [0.15, 0.2) is 0 Å². The molecule has 3 nitrogen and oxygen atoms in total. The Morgan fingerprint density at radius 2 is 1.89 bits per heavy atom. The van der Waals surface area contributed by atoms with Crippen LogP contribution < -0.4 is 5.32 Å². The highest BCUT2D eigenvalue weighted by Crippen LogP contribution is 2.11. The van der Waals surface area contributed by atoms with E-state index < -0.39 is 0 Å². The van der Waals surface area contributed by atoms with Gasteiger partial charge in [0, 0.05) is 18.7 Å². The molecule has 0 spiro atoms. The highest BCUT2D eigenvalue weighted by Gasteiger charge is 2.12. The number of halogens is 1. The fourth-order valence-electron chi connectivity index (χ4n) is 2.07. The molecule has 1 heterocycles. The molecule has 0 atom stereocenters. The van der Waals surface area contributed by atoms with Crippen molar-refractivity contribution < 1.29 is 4.39 Å². The van der Waals surface area contributed by atoms with Gasteiger partial charge in [0.15, 0.2) is 0 Å². The first kappa shape index (κ1) is 15.2. The zero-order chi connectivity index (χ0) is 13.4. The van der Waals surface area contributed by atoms with Crippen LogP contribution in [-0.4, -0.2) is 16.3 Å². The zero-order valence-electron chi connectivity index (χ0n) is 11.9. The van der Waals surface area contributed by atoms with Gasteiger partial charge >= 0.3 is 0 Å². The van der Waals surface area contributed by atoms with E-state index in [4.69, 9.17) is 0 Å². The highest BCUT2D eigenvalue weighted by atomic mass is 19.1. The van der Waals surface area contributed by atoms with Crippen LogP contribution >= 0.6 is 0 Å². The Labute approximate surface area is 110 Å². The van der Waals surface area contributed by atoms with Crippen LogP contribution in [-0.2, 0) is 13.1 Å². The minimum absolute atomic E-state index is 0.187. The fourth-order valence-corrected chi connectivity index (χ4v) is 2.07. The van der Waals surface area contributed by atoms with Gasteiger partial charge in [-0.2, -0.15) is 9.49 Å². The topological polar surface area (TPSA) is 29.9 Å². The largest absolute Gasteiger partial charge is 0.312 e. The number of rotatable bonds is 9. The third-order valence-corrected chi connectivity index (χ3v) is 3.24. The van der Waals surface area contributed by atoms with Gasteiger partial charge in [0.2, 0.25) is 5.95 Å². The van der Waals surface area contributed by atoms with E-state index in [1.165, 1.54) is 36.8 Å². The first-order valence-corrected chi connectivity index (χ1v) is 7.13. The minimum Gasteiger partial charge on any atom is -0.312 e.